The number of esters is 1. The van der Waals surface area contributed by atoms with Crippen LogP contribution in [0, 0.1) is 5.92 Å². The van der Waals surface area contributed by atoms with E-state index in [1.165, 1.54) is 19.3 Å². The fourth-order valence-electron chi connectivity index (χ4n) is 2.30. The molecule has 0 aliphatic heterocycles. The van der Waals surface area contributed by atoms with Crippen LogP contribution in [0.25, 0.3) is 0 Å². The van der Waals surface area contributed by atoms with E-state index in [-0.39, 0.29) is 18.0 Å². The first-order valence-corrected chi connectivity index (χ1v) is 7.08. The highest BCUT2D eigenvalue weighted by Crippen LogP contribution is 2.37. The van der Waals surface area contributed by atoms with Gasteiger partial charge < -0.3 is 9.47 Å². The standard InChI is InChI=1S/C12H19BrO3/c1-2-15-12(14)8-6-10(13)11(7-8)16-9-4-3-5-9/h8-11H,2-7H2,1H3. The van der Waals surface area contributed by atoms with Crippen LogP contribution < -0.4 is 0 Å². The highest BCUT2D eigenvalue weighted by Gasteiger charge is 2.39. The Morgan fingerprint density at radius 1 is 1.38 bits per heavy atom. The van der Waals surface area contributed by atoms with Gasteiger partial charge in [-0.3, -0.25) is 4.79 Å². The molecule has 0 saturated heterocycles. The molecule has 0 amide bonds. The lowest BCUT2D eigenvalue weighted by Crippen LogP contribution is -2.30. The minimum Gasteiger partial charge on any atom is -0.466 e. The van der Waals surface area contributed by atoms with Gasteiger partial charge in [-0.1, -0.05) is 15.9 Å². The second-order valence-electron chi connectivity index (χ2n) is 4.66. The third kappa shape index (κ3) is 2.77. The maximum Gasteiger partial charge on any atom is 0.309 e. The Morgan fingerprint density at radius 2 is 2.12 bits per heavy atom. The van der Waals surface area contributed by atoms with Crippen LogP contribution in [0.15, 0.2) is 0 Å². The summed E-state index contributed by atoms with van der Waals surface area (Å²) >= 11 is 3.61. The molecule has 3 atom stereocenters. The first-order chi connectivity index (χ1) is 7.70. The molecule has 0 spiro atoms. The molecule has 92 valence electrons. The first-order valence-electron chi connectivity index (χ1n) is 6.17. The Bertz CT molecular complexity index is 253. The summed E-state index contributed by atoms with van der Waals surface area (Å²) in [5.41, 5.74) is 0. The van der Waals surface area contributed by atoms with Crippen molar-refractivity contribution in [2.75, 3.05) is 6.61 Å². The van der Waals surface area contributed by atoms with E-state index in [2.05, 4.69) is 15.9 Å². The van der Waals surface area contributed by atoms with Gasteiger partial charge in [0.15, 0.2) is 0 Å². The maximum atomic E-state index is 11.6. The van der Waals surface area contributed by atoms with Crippen molar-refractivity contribution in [2.45, 2.75) is 56.1 Å². The summed E-state index contributed by atoms with van der Waals surface area (Å²) in [6, 6.07) is 0. The SMILES string of the molecule is CCOC(=O)C1CC(Br)C(OC2CCC2)C1. The Hall–Kier alpha value is -0.0900. The molecule has 0 heterocycles. The van der Waals surface area contributed by atoms with Gasteiger partial charge in [0.05, 0.1) is 24.7 Å². The van der Waals surface area contributed by atoms with Gasteiger partial charge in [-0.05, 0) is 39.0 Å². The minimum atomic E-state index is -0.0633. The zero-order valence-electron chi connectivity index (χ0n) is 9.65. The number of ether oxygens (including phenoxy) is 2. The van der Waals surface area contributed by atoms with E-state index < -0.39 is 0 Å². The molecule has 0 N–H and O–H groups in total. The topological polar surface area (TPSA) is 35.5 Å². The molecule has 0 aromatic rings. The van der Waals surface area contributed by atoms with E-state index in [1.807, 2.05) is 6.92 Å². The molecule has 0 bridgehead atoms. The highest BCUT2D eigenvalue weighted by molar-refractivity contribution is 9.09. The van der Waals surface area contributed by atoms with Crippen molar-refractivity contribution >= 4 is 21.9 Å². The molecule has 2 fully saturated rings. The lowest BCUT2D eigenvalue weighted by Gasteiger charge is -2.30. The zero-order valence-corrected chi connectivity index (χ0v) is 11.2. The van der Waals surface area contributed by atoms with Gasteiger partial charge in [-0.15, -0.1) is 0 Å². The molecular formula is C12H19BrO3. The number of hydrogen-bond donors (Lipinski definition) is 0. The summed E-state index contributed by atoms with van der Waals surface area (Å²) < 4.78 is 11.0. The Labute approximate surface area is 105 Å². The lowest BCUT2D eigenvalue weighted by atomic mass is 9.96. The second-order valence-corrected chi connectivity index (χ2v) is 5.84. The normalized spacial score (nSPS) is 34.8. The van der Waals surface area contributed by atoms with Crippen molar-refractivity contribution in [3.05, 3.63) is 0 Å². The molecule has 0 radical (unpaired) electrons. The number of carbonyl (C=O) groups excluding carboxylic acids is 1. The molecule has 3 nitrogen and oxygen atoms in total. The van der Waals surface area contributed by atoms with Crippen LogP contribution in [0.4, 0.5) is 0 Å². The lowest BCUT2D eigenvalue weighted by molar-refractivity contribution is -0.148. The van der Waals surface area contributed by atoms with Crippen molar-refractivity contribution in [3.8, 4) is 0 Å². The molecule has 16 heavy (non-hydrogen) atoms. The predicted octanol–water partition coefficient (Wildman–Crippen LogP) is 2.66. The number of rotatable bonds is 4. The summed E-state index contributed by atoms with van der Waals surface area (Å²) in [5.74, 6) is -0.0407. The van der Waals surface area contributed by atoms with E-state index in [4.69, 9.17) is 9.47 Å². The van der Waals surface area contributed by atoms with Crippen LogP contribution in [0.2, 0.25) is 0 Å². The van der Waals surface area contributed by atoms with Crippen molar-refractivity contribution in [1.29, 1.82) is 0 Å². The van der Waals surface area contributed by atoms with Crippen LogP contribution in [0.3, 0.4) is 0 Å². The molecule has 0 aromatic heterocycles. The van der Waals surface area contributed by atoms with Crippen LogP contribution in [-0.4, -0.2) is 29.6 Å². The monoisotopic (exact) mass is 290 g/mol. The van der Waals surface area contributed by atoms with Crippen molar-refractivity contribution in [2.24, 2.45) is 5.92 Å². The zero-order chi connectivity index (χ0) is 11.5. The van der Waals surface area contributed by atoms with Gasteiger partial charge in [-0.25, -0.2) is 0 Å². The third-order valence-corrected chi connectivity index (χ3v) is 4.43. The summed E-state index contributed by atoms with van der Waals surface area (Å²) in [5, 5.41) is 0. The van der Waals surface area contributed by atoms with E-state index in [9.17, 15) is 4.79 Å². The van der Waals surface area contributed by atoms with Crippen molar-refractivity contribution < 1.29 is 14.3 Å². The van der Waals surface area contributed by atoms with Crippen molar-refractivity contribution in [3.63, 3.8) is 0 Å². The fraction of sp³-hybridized carbons (Fsp3) is 0.917. The molecule has 4 heteroatoms. The number of halogens is 1. The summed E-state index contributed by atoms with van der Waals surface area (Å²) in [6.07, 6.45) is 5.93. The number of carbonyl (C=O) groups is 1. The van der Waals surface area contributed by atoms with E-state index >= 15 is 0 Å². The molecule has 0 aromatic carbocycles. The molecular weight excluding hydrogens is 272 g/mol. The number of alkyl halides is 1. The average molecular weight is 291 g/mol. The molecule has 3 unspecified atom stereocenters. The summed E-state index contributed by atoms with van der Waals surface area (Å²) in [6.45, 7) is 2.32. The summed E-state index contributed by atoms with van der Waals surface area (Å²) in [7, 11) is 0. The molecule has 2 saturated carbocycles. The third-order valence-electron chi connectivity index (χ3n) is 3.47. The van der Waals surface area contributed by atoms with Crippen LogP contribution in [-0.2, 0) is 14.3 Å². The van der Waals surface area contributed by atoms with Gasteiger partial charge in [0.1, 0.15) is 0 Å². The quantitative estimate of drug-likeness (QED) is 0.590. The molecule has 2 aliphatic rings. The maximum absolute atomic E-state index is 11.6. The van der Waals surface area contributed by atoms with Crippen LogP contribution in [0.1, 0.15) is 39.0 Å². The smallest absolute Gasteiger partial charge is 0.309 e. The van der Waals surface area contributed by atoms with E-state index in [0.717, 1.165) is 12.8 Å². The van der Waals surface area contributed by atoms with Gasteiger partial charge in [0.2, 0.25) is 0 Å². The Kier molecular flexibility index (Phi) is 4.25. The van der Waals surface area contributed by atoms with E-state index in [1.54, 1.807) is 0 Å². The van der Waals surface area contributed by atoms with Gasteiger partial charge in [0, 0.05) is 4.83 Å². The second kappa shape index (κ2) is 5.50. The predicted molar refractivity (Wildman–Crippen MR) is 64.6 cm³/mol. The van der Waals surface area contributed by atoms with Crippen molar-refractivity contribution in [1.82, 2.24) is 0 Å². The first kappa shape index (κ1) is 12.4. The Morgan fingerprint density at radius 3 is 2.69 bits per heavy atom. The minimum absolute atomic E-state index is 0.0226. The van der Waals surface area contributed by atoms with Gasteiger partial charge >= 0.3 is 5.97 Å². The average Bonchev–Trinajstić information content (AvgIpc) is 2.54. The van der Waals surface area contributed by atoms with Gasteiger partial charge in [-0.2, -0.15) is 0 Å². The van der Waals surface area contributed by atoms with Gasteiger partial charge in [0.25, 0.3) is 0 Å². The fourth-order valence-corrected chi connectivity index (χ4v) is 3.09. The van der Waals surface area contributed by atoms with Crippen LogP contribution >= 0.6 is 15.9 Å². The number of hydrogen-bond acceptors (Lipinski definition) is 3. The molecule has 2 aliphatic carbocycles. The largest absolute Gasteiger partial charge is 0.466 e. The van der Waals surface area contributed by atoms with Crippen LogP contribution in [0.5, 0.6) is 0 Å². The summed E-state index contributed by atoms with van der Waals surface area (Å²) in [4.78, 5) is 11.9. The van der Waals surface area contributed by atoms with E-state index in [0.29, 0.717) is 17.5 Å². The Balaban J connectivity index is 1.80. The highest BCUT2D eigenvalue weighted by atomic mass is 79.9. The molecule has 2 rings (SSSR count).